The summed E-state index contributed by atoms with van der Waals surface area (Å²) in [7, 11) is 0. The molecule has 3 aromatic carbocycles. The van der Waals surface area contributed by atoms with E-state index in [-0.39, 0.29) is 23.3 Å². The van der Waals surface area contributed by atoms with Gasteiger partial charge in [0.15, 0.2) is 6.29 Å². The summed E-state index contributed by atoms with van der Waals surface area (Å²) in [5.74, 6) is 0.738. The van der Waals surface area contributed by atoms with E-state index < -0.39 is 11.9 Å². The van der Waals surface area contributed by atoms with E-state index in [1.54, 1.807) is 12.1 Å². The summed E-state index contributed by atoms with van der Waals surface area (Å²) in [6, 6.07) is 15.3. The van der Waals surface area contributed by atoms with E-state index in [0.717, 1.165) is 44.5 Å². The van der Waals surface area contributed by atoms with Crippen LogP contribution in [0.4, 0.5) is 0 Å². The van der Waals surface area contributed by atoms with Gasteiger partial charge in [-0.1, -0.05) is 52.0 Å². The monoisotopic (exact) mass is 432 g/mol. The minimum Gasteiger partial charge on any atom is -0.508 e. The minimum atomic E-state index is -1.09. The van der Waals surface area contributed by atoms with Crippen LogP contribution < -0.4 is 0 Å². The molecule has 4 heteroatoms. The highest BCUT2D eigenvalue weighted by Crippen LogP contribution is 2.54. The summed E-state index contributed by atoms with van der Waals surface area (Å²) in [5, 5.41) is 32.2. The van der Waals surface area contributed by atoms with Crippen LogP contribution in [0.2, 0.25) is 0 Å². The molecule has 0 fully saturated rings. The van der Waals surface area contributed by atoms with Gasteiger partial charge < -0.3 is 20.1 Å². The van der Waals surface area contributed by atoms with Crippen LogP contribution in [0.1, 0.15) is 90.3 Å². The van der Waals surface area contributed by atoms with Gasteiger partial charge in [-0.15, -0.1) is 0 Å². The molecular weight excluding hydrogens is 400 g/mol. The van der Waals surface area contributed by atoms with Gasteiger partial charge in [-0.25, -0.2) is 0 Å². The number of aryl methyl sites for hydroxylation is 2. The third-order valence-electron chi connectivity index (χ3n) is 6.64. The van der Waals surface area contributed by atoms with Gasteiger partial charge in [0.25, 0.3) is 0 Å². The molecule has 4 rings (SSSR count). The van der Waals surface area contributed by atoms with Crippen molar-refractivity contribution in [2.24, 2.45) is 0 Å². The SMILES string of the molecule is Cc1cc(O)c(C(C)C)cc1C1(c2cc(C(C)C)c(O)cc2C)O[C@@H](O)c2ccccc21. The third-order valence-corrected chi connectivity index (χ3v) is 6.64. The Labute approximate surface area is 190 Å². The van der Waals surface area contributed by atoms with Gasteiger partial charge in [-0.2, -0.15) is 0 Å². The van der Waals surface area contributed by atoms with Crippen LogP contribution in [-0.4, -0.2) is 15.3 Å². The first kappa shape index (κ1) is 22.4. The lowest BCUT2D eigenvalue weighted by Crippen LogP contribution is -2.31. The van der Waals surface area contributed by atoms with E-state index in [1.807, 2.05) is 77.9 Å². The van der Waals surface area contributed by atoms with Crippen molar-refractivity contribution in [2.75, 3.05) is 0 Å². The van der Waals surface area contributed by atoms with Crippen molar-refractivity contribution in [1.29, 1.82) is 0 Å². The third kappa shape index (κ3) is 3.30. The number of phenols is 2. The molecule has 0 saturated heterocycles. The Morgan fingerprint density at radius 3 is 1.69 bits per heavy atom. The van der Waals surface area contributed by atoms with Gasteiger partial charge in [0, 0.05) is 11.1 Å². The summed E-state index contributed by atoms with van der Waals surface area (Å²) in [4.78, 5) is 0. The van der Waals surface area contributed by atoms with E-state index in [1.165, 1.54) is 0 Å². The fourth-order valence-corrected chi connectivity index (χ4v) is 4.99. The summed E-state index contributed by atoms with van der Waals surface area (Å²) < 4.78 is 6.49. The van der Waals surface area contributed by atoms with Crippen molar-refractivity contribution in [1.82, 2.24) is 0 Å². The Morgan fingerprint density at radius 1 is 0.750 bits per heavy atom. The van der Waals surface area contributed by atoms with E-state index in [2.05, 4.69) is 0 Å². The molecule has 32 heavy (non-hydrogen) atoms. The Balaban J connectivity index is 2.14. The lowest BCUT2D eigenvalue weighted by Gasteiger charge is -2.35. The first-order valence-corrected chi connectivity index (χ1v) is 11.2. The average Bonchev–Trinajstić information content (AvgIpc) is 3.01. The fourth-order valence-electron chi connectivity index (χ4n) is 4.99. The normalized spacial score (nSPS) is 17.2. The Kier molecular flexibility index (Phi) is 5.56. The molecule has 0 unspecified atom stereocenters. The Hall–Kier alpha value is -2.82. The molecule has 0 aliphatic carbocycles. The number of hydrogen-bond donors (Lipinski definition) is 3. The minimum absolute atomic E-state index is 0.111. The highest BCUT2D eigenvalue weighted by molar-refractivity contribution is 5.61. The van der Waals surface area contributed by atoms with Gasteiger partial charge in [0.2, 0.25) is 0 Å². The zero-order chi connectivity index (χ0) is 23.4. The highest BCUT2D eigenvalue weighted by Gasteiger charge is 2.49. The van der Waals surface area contributed by atoms with Gasteiger partial charge in [-0.05, 0) is 83.3 Å². The van der Waals surface area contributed by atoms with Gasteiger partial charge >= 0.3 is 0 Å². The topological polar surface area (TPSA) is 69.9 Å². The molecule has 0 radical (unpaired) electrons. The molecule has 1 aliphatic rings. The summed E-state index contributed by atoms with van der Waals surface area (Å²) in [5.41, 5.74) is 5.69. The number of benzene rings is 3. The predicted molar refractivity (Wildman–Crippen MR) is 126 cm³/mol. The van der Waals surface area contributed by atoms with Gasteiger partial charge in [0.1, 0.15) is 17.1 Å². The number of hydrogen-bond acceptors (Lipinski definition) is 4. The van der Waals surface area contributed by atoms with Crippen LogP contribution in [0, 0.1) is 13.8 Å². The zero-order valence-electron chi connectivity index (χ0n) is 19.6. The van der Waals surface area contributed by atoms with Crippen molar-refractivity contribution in [2.45, 2.75) is 65.3 Å². The molecule has 1 atom stereocenters. The second-order valence-corrected chi connectivity index (χ2v) is 9.50. The first-order chi connectivity index (χ1) is 15.1. The molecule has 1 aliphatic heterocycles. The second-order valence-electron chi connectivity index (χ2n) is 9.50. The quantitative estimate of drug-likeness (QED) is 0.454. The van der Waals surface area contributed by atoms with E-state index in [4.69, 9.17) is 4.74 Å². The first-order valence-electron chi connectivity index (χ1n) is 11.2. The standard InChI is InChI=1S/C28H32O4/c1-15(2)20-13-23(17(5)11-25(20)29)28(22-10-8-7-9-19(22)27(31)32-28)24-14-21(16(3)4)26(30)12-18(24)6/h7-16,27,29-31H,1-6H3/t27-/m1/s1. The van der Waals surface area contributed by atoms with Gasteiger partial charge in [0.05, 0.1) is 0 Å². The smallest absolute Gasteiger partial charge is 0.183 e. The number of fused-ring (bicyclic) bond motifs is 1. The average molecular weight is 433 g/mol. The summed E-state index contributed by atoms with van der Waals surface area (Å²) >= 11 is 0. The number of aliphatic hydroxyl groups is 1. The second kappa shape index (κ2) is 7.95. The van der Waals surface area contributed by atoms with Crippen LogP contribution in [0.15, 0.2) is 48.5 Å². The molecule has 4 nitrogen and oxygen atoms in total. The number of aromatic hydroxyl groups is 2. The van der Waals surface area contributed by atoms with Crippen LogP contribution in [0.5, 0.6) is 11.5 Å². The molecular formula is C28H32O4. The fraction of sp³-hybridized carbons (Fsp3) is 0.357. The number of phenolic OH excluding ortho intramolecular Hbond substituents is 2. The molecule has 0 aromatic heterocycles. The van der Waals surface area contributed by atoms with Crippen molar-refractivity contribution < 1.29 is 20.1 Å². The molecule has 3 N–H and O–H groups in total. The molecule has 0 saturated carbocycles. The highest BCUT2D eigenvalue weighted by atomic mass is 16.6. The number of ether oxygens (including phenoxy) is 1. The Morgan fingerprint density at radius 2 is 1.22 bits per heavy atom. The number of rotatable bonds is 4. The van der Waals surface area contributed by atoms with Gasteiger partial charge in [-0.3, -0.25) is 0 Å². The lowest BCUT2D eigenvalue weighted by molar-refractivity contribution is -0.140. The number of aliphatic hydroxyl groups excluding tert-OH is 1. The zero-order valence-corrected chi connectivity index (χ0v) is 19.6. The maximum atomic E-state index is 11.0. The molecule has 0 bridgehead atoms. The van der Waals surface area contributed by atoms with Crippen LogP contribution in [-0.2, 0) is 10.3 Å². The van der Waals surface area contributed by atoms with Crippen molar-refractivity contribution >= 4 is 0 Å². The lowest BCUT2D eigenvalue weighted by atomic mass is 9.74. The summed E-state index contributed by atoms with van der Waals surface area (Å²) in [6.45, 7) is 12.1. The maximum Gasteiger partial charge on any atom is 0.183 e. The van der Waals surface area contributed by atoms with E-state index >= 15 is 0 Å². The largest absolute Gasteiger partial charge is 0.508 e. The maximum absolute atomic E-state index is 11.0. The van der Waals surface area contributed by atoms with Crippen LogP contribution >= 0.6 is 0 Å². The molecule has 3 aromatic rings. The van der Waals surface area contributed by atoms with Crippen molar-refractivity contribution in [3.8, 4) is 11.5 Å². The van der Waals surface area contributed by atoms with E-state index in [9.17, 15) is 15.3 Å². The van der Waals surface area contributed by atoms with Crippen molar-refractivity contribution in [3.63, 3.8) is 0 Å². The van der Waals surface area contributed by atoms with Crippen molar-refractivity contribution in [3.05, 3.63) is 93.0 Å². The Bertz CT molecular complexity index is 1110. The molecule has 0 spiro atoms. The molecule has 1 heterocycles. The molecule has 168 valence electrons. The molecule has 0 amide bonds. The van der Waals surface area contributed by atoms with Crippen LogP contribution in [0.3, 0.4) is 0 Å². The predicted octanol–water partition coefficient (Wildman–Crippen LogP) is 6.27. The summed E-state index contributed by atoms with van der Waals surface area (Å²) in [6.07, 6.45) is -1.09. The van der Waals surface area contributed by atoms with Crippen LogP contribution in [0.25, 0.3) is 0 Å². The van der Waals surface area contributed by atoms with E-state index in [0.29, 0.717) is 0 Å².